The van der Waals surface area contributed by atoms with Gasteiger partial charge < -0.3 is 34.3 Å². The molecule has 0 spiro atoms. The molecule has 4 N–H and O–H groups in total. The number of likely N-dealkylation sites (tertiary alicyclic amines) is 1. The minimum atomic E-state index is -3.52. The summed E-state index contributed by atoms with van der Waals surface area (Å²) in [4.78, 5) is 29.9. The number of methoxy groups -OCH3 is 1. The van der Waals surface area contributed by atoms with Crippen LogP contribution in [0.5, 0.6) is 17.2 Å². The van der Waals surface area contributed by atoms with Crippen LogP contribution in [0.1, 0.15) is 42.0 Å². The molecule has 58 heavy (non-hydrogen) atoms. The number of hydrogen-bond donors (Lipinski definition) is 4. The minimum Gasteiger partial charge on any atom is -0.492 e. The van der Waals surface area contributed by atoms with Crippen LogP contribution >= 0.6 is 23.2 Å². The quantitative estimate of drug-likeness (QED) is 0.0708. The lowest BCUT2D eigenvalue weighted by Gasteiger charge is -2.25. The molecule has 1 aliphatic rings. The first-order valence-electron chi connectivity index (χ1n) is 18.4. The molecule has 0 amide bonds. The molecule has 3 atom stereocenters. The van der Waals surface area contributed by atoms with Crippen molar-refractivity contribution < 1.29 is 52.3 Å². The van der Waals surface area contributed by atoms with Crippen LogP contribution < -0.4 is 19.5 Å². The zero-order chi connectivity index (χ0) is 42.2. The van der Waals surface area contributed by atoms with E-state index in [1.54, 1.807) is 18.2 Å². The number of aliphatic hydroxyl groups excluding tert-OH is 2. The number of hydrogen-bond acceptors (Lipinski definition) is 13. The lowest BCUT2D eigenvalue weighted by Crippen LogP contribution is -2.52. The number of ether oxygens (including phenoxy) is 4. The van der Waals surface area contributed by atoms with Crippen molar-refractivity contribution in [1.29, 1.82) is 0 Å². The Bertz CT molecular complexity index is 2230. The number of aliphatic hydroxyl groups is 2. The Morgan fingerprint density at radius 1 is 0.983 bits per heavy atom. The van der Waals surface area contributed by atoms with Gasteiger partial charge in [0, 0.05) is 67.5 Å². The van der Waals surface area contributed by atoms with Gasteiger partial charge in [0.1, 0.15) is 42.0 Å². The maximum absolute atomic E-state index is 12.1. The number of benzene rings is 3. The lowest BCUT2D eigenvalue weighted by molar-refractivity contribution is -0.146. The lowest BCUT2D eigenvalue weighted by atomic mass is 9.96. The summed E-state index contributed by atoms with van der Waals surface area (Å²) in [6, 6.07) is 15.4. The Hall–Kier alpha value is -4.48. The van der Waals surface area contributed by atoms with Crippen LogP contribution in [0.25, 0.3) is 11.1 Å². The van der Waals surface area contributed by atoms with E-state index >= 15 is 0 Å². The smallest absolute Gasteiger partial charge is 0.326 e. The maximum Gasteiger partial charge on any atom is 0.326 e. The number of pyridine rings is 1. The summed E-state index contributed by atoms with van der Waals surface area (Å²) in [5.41, 5.74) is 2.62. The van der Waals surface area contributed by atoms with Gasteiger partial charge >= 0.3 is 11.9 Å². The van der Waals surface area contributed by atoms with Gasteiger partial charge in [-0.1, -0.05) is 53.5 Å². The van der Waals surface area contributed by atoms with E-state index in [1.165, 1.54) is 32.5 Å². The summed E-state index contributed by atoms with van der Waals surface area (Å²) < 4.78 is 47.6. The fraction of sp³-hybridized carbons (Fsp3) is 0.390. The number of esters is 1. The first-order chi connectivity index (χ1) is 27.5. The SMILES string of the molecule is COC(=O)[C@@H]1C[C@@H](O)CN1CCCOc1cccc(-c2cccc(COc3cc(OCc4cncc(S(C)(=O)=O)c4)c(CN[C@](C)(CO)C(=O)O)cc3Cl)c2C)c1Cl. The van der Waals surface area contributed by atoms with Crippen LogP contribution in [0.3, 0.4) is 0 Å². The van der Waals surface area contributed by atoms with Gasteiger partial charge in [-0.2, -0.15) is 0 Å². The second-order valence-corrected chi connectivity index (χ2v) is 17.1. The van der Waals surface area contributed by atoms with E-state index in [1.807, 2.05) is 42.2 Å². The largest absolute Gasteiger partial charge is 0.492 e. The zero-order valence-electron chi connectivity index (χ0n) is 32.5. The van der Waals surface area contributed by atoms with Crippen LogP contribution in [-0.2, 0) is 43.9 Å². The standard InChI is InChI=1S/C41H47Cl2N3O11S/c1-25-27(8-5-9-31(25)32-10-6-11-35(38(32)43)55-13-7-12-46-21-29(48)16-34(46)39(49)54-3)23-57-37-17-36(56-22-26-14-30(20-44-18-26)58(4,52)53)28(15-33(37)42)19-45-41(2,24-47)40(50)51/h5-6,8-11,14-15,17-18,20,29,34,45,47-48H,7,12-13,16,19,21-24H2,1-4H3,(H,50,51)/t29-,34+,41-/m1/s1. The van der Waals surface area contributed by atoms with Crippen molar-refractivity contribution in [2.24, 2.45) is 0 Å². The molecular formula is C41H47Cl2N3O11S. The van der Waals surface area contributed by atoms with Crippen molar-refractivity contribution >= 4 is 45.0 Å². The first-order valence-corrected chi connectivity index (χ1v) is 21.0. The predicted octanol–water partition coefficient (Wildman–Crippen LogP) is 5.23. The predicted molar refractivity (Wildman–Crippen MR) is 217 cm³/mol. The second-order valence-electron chi connectivity index (χ2n) is 14.3. The molecule has 5 rings (SSSR count). The third-order valence-corrected chi connectivity index (χ3v) is 11.7. The monoisotopic (exact) mass is 859 g/mol. The summed E-state index contributed by atoms with van der Waals surface area (Å²) >= 11 is 13.6. The Balaban J connectivity index is 1.31. The van der Waals surface area contributed by atoms with Crippen LogP contribution in [0.15, 0.2) is 71.9 Å². The summed E-state index contributed by atoms with van der Waals surface area (Å²) in [6.07, 6.45) is 4.15. The molecule has 4 aromatic rings. The van der Waals surface area contributed by atoms with Gasteiger partial charge in [-0.3, -0.25) is 24.8 Å². The molecule has 14 nitrogen and oxygen atoms in total. The molecule has 1 fully saturated rings. The summed E-state index contributed by atoms with van der Waals surface area (Å²) in [5, 5.41) is 33.0. The number of aliphatic carboxylic acids is 1. The number of sulfone groups is 1. The van der Waals surface area contributed by atoms with Crippen LogP contribution in [0.4, 0.5) is 0 Å². The van der Waals surface area contributed by atoms with Crippen molar-refractivity contribution in [3.63, 3.8) is 0 Å². The topological polar surface area (TPSA) is 194 Å². The normalized spacial score (nSPS) is 16.8. The van der Waals surface area contributed by atoms with Gasteiger partial charge in [-0.05, 0) is 55.2 Å². The van der Waals surface area contributed by atoms with Gasteiger partial charge in [-0.25, -0.2) is 8.42 Å². The molecule has 0 bridgehead atoms. The van der Waals surface area contributed by atoms with Gasteiger partial charge in [-0.15, -0.1) is 0 Å². The minimum absolute atomic E-state index is 0.0282. The molecule has 0 aliphatic carbocycles. The fourth-order valence-corrected chi connectivity index (χ4v) is 7.57. The average molecular weight is 861 g/mol. The number of carbonyl (C=O) groups is 2. The molecule has 312 valence electrons. The van der Waals surface area contributed by atoms with Crippen LogP contribution in [-0.4, -0.2) is 103 Å². The number of aromatic nitrogens is 1. The number of rotatable bonds is 19. The molecule has 1 aliphatic heterocycles. The van der Waals surface area contributed by atoms with E-state index in [2.05, 4.69) is 10.3 Å². The highest BCUT2D eigenvalue weighted by Crippen LogP contribution is 2.39. The van der Waals surface area contributed by atoms with Crippen LogP contribution in [0.2, 0.25) is 10.0 Å². The number of nitrogens with one attached hydrogen (secondary N) is 1. The van der Waals surface area contributed by atoms with Crippen molar-refractivity contribution in [2.75, 3.05) is 39.7 Å². The molecule has 0 radical (unpaired) electrons. The van der Waals surface area contributed by atoms with E-state index in [-0.39, 0.29) is 47.1 Å². The first kappa shape index (κ1) is 44.6. The van der Waals surface area contributed by atoms with Gasteiger partial charge in [0.15, 0.2) is 9.84 Å². The molecule has 0 unspecified atom stereocenters. The van der Waals surface area contributed by atoms with E-state index in [0.717, 1.165) is 28.5 Å². The molecule has 3 aromatic carbocycles. The highest BCUT2D eigenvalue weighted by atomic mass is 35.5. The average Bonchev–Trinajstić information content (AvgIpc) is 3.58. The number of carbonyl (C=O) groups excluding carboxylic acids is 1. The van der Waals surface area contributed by atoms with Crippen LogP contribution in [0, 0.1) is 6.92 Å². The molecule has 17 heteroatoms. The Morgan fingerprint density at radius 3 is 2.41 bits per heavy atom. The second kappa shape index (κ2) is 19.5. The van der Waals surface area contributed by atoms with Gasteiger partial charge in [0.25, 0.3) is 0 Å². The third-order valence-electron chi connectivity index (χ3n) is 9.95. The zero-order valence-corrected chi connectivity index (χ0v) is 34.9. The van der Waals surface area contributed by atoms with E-state index in [9.17, 15) is 33.3 Å². The van der Waals surface area contributed by atoms with Gasteiger partial charge in [0.05, 0.1) is 41.4 Å². The molecule has 2 heterocycles. The number of halogens is 2. The molecule has 1 saturated heterocycles. The Labute approximate surface area is 347 Å². The Morgan fingerprint density at radius 2 is 1.71 bits per heavy atom. The third kappa shape index (κ3) is 11.0. The van der Waals surface area contributed by atoms with Crippen molar-refractivity contribution in [2.45, 2.75) is 69.0 Å². The van der Waals surface area contributed by atoms with E-state index in [0.29, 0.717) is 54.4 Å². The maximum atomic E-state index is 12.1. The molecular weight excluding hydrogens is 813 g/mol. The molecule has 1 aromatic heterocycles. The highest BCUT2D eigenvalue weighted by molar-refractivity contribution is 7.90. The fourth-order valence-electron chi connectivity index (χ4n) is 6.43. The summed E-state index contributed by atoms with van der Waals surface area (Å²) in [5.74, 6) is -0.572. The van der Waals surface area contributed by atoms with Crippen molar-refractivity contribution in [1.82, 2.24) is 15.2 Å². The number of nitrogens with zero attached hydrogens (tertiary/aromatic N) is 2. The Kier molecular flexibility index (Phi) is 15.0. The van der Waals surface area contributed by atoms with Gasteiger partial charge in [0.2, 0.25) is 0 Å². The van der Waals surface area contributed by atoms with E-state index < -0.39 is 40.1 Å². The summed E-state index contributed by atoms with van der Waals surface area (Å²) in [7, 11) is -2.18. The van der Waals surface area contributed by atoms with E-state index in [4.69, 9.17) is 42.1 Å². The highest BCUT2D eigenvalue weighted by Gasteiger charge is 2.36. The van der Waals surface area contributed by atoms with Crippen molar-refractivity contribution in [3.05, 3.63) is 99.3 Å². The number of β-amino-alcohol motifs (C(OH)–C–C–N with tert-alkyl or cyclic N) is 1. The number of carboxylic acid groups (broad SMARTS) is 1. The molecule has 0 saturated carbocycles. The summed E-state index contributed by atoms with van der Waals surface area (Å²) in [6.45, 7) is 3.85. The number of carboxylic acids is 1. The van der Waals surface area contributed by atoms with Crippen molar-refractivity contribution in [3.8, 4) is 28.4 Å².